The van der Waals surface area contributed by atoms with Gasteiger partial charge in [-0.3, -0.25) is 9.59 Å². The van der Waals surface area contributed by atoms with Gasteiger partial charge < -0.3 is 15.0 Å². The summed E-state index contributed by atoms with van der Waals surface area (Å²) in [5.74, 6) is 0.656. The summed E-state index contributed by atoms with van der Waals surface area (Å²) in [5, 5.41) is 2.89. The number of carbonyl (C=O) groups is 2. The second-order valence-corrected chi connectivity index (χ2v) is 7.64. The molecule has 28 heavy (non-hydrogen) atoms. The van der Waals surface area contributed by atoms with Crippen LogP contribution in [0.4, 0.5) is 5.69 Å². The monoisotopic (exact) mass is 446 g/mol. The molecule has 0 atom stereocenters. The topological polar surface area (TPSA) is 58.6 Å². The first-order valence-corrected chi connectivity index (χ1v) is 10.2. The van der Waals surface area contributed by atoms with E-state index in [0.717, 1.165) is 28.6 Å². The van der Waals surface area contributed by atoms with Crippen molar-refractivity contribution in [2.24, 2.45) is 0 Å². The molecule has 0 aliphatic heterocycles. The van der Waals surface area contributed by atoms with Crippen LogP contribution < -0.4 is 10.1 Å². The van der Waals surface area contributed by atoms with Gasteiger partial charge in [-0.25, -0.2) is 0 Å². The fourth-order valence-electron chi connectivity index (χ4n) is 2.52. The minimum Gasteiger partial charge on any atom is -0.492 e. The predicted molar refractivity (Wildman–Crippen MR) is 116 cm³/mol. The highest BCUT2D eigenvalue weighted by atomic mass is 79.9. The Bertz CT molecular complexity index is 804. The van der Waals surface area contributed by atoms with E-state index in [4.69, 9.17) is 4.74 Å². The average Bonchev–Trinajstić information content (AvgIpc) is 2.68. The molecule has 0 radical (unpaired) electrons. The zero-order valence-corrected chi connectivity index (χ0v) is 18.2. The van der Waals surface area contributed by atoms with Crippen LogP contribution in [0.1, 0.15) is 42.1 Å². The molecule has 1 N–H and O–H groups in total. The summed E-state index contributed by atoms with van der Waals surface area (Å²) in [5.41, 5.74) is 2.33. The quantitative estimate of drug-likeness (QED) is 0.557. The normalized spacial score (nSPS) is 10.4. The summed E-state index contributed by atoms with van der Waals surface area (Å²) >= 11 is 3.47. The van der Waals surface area contributed by atoms with Crippen LogP contribution in [0.25, 0.3) is 0 Å². The maximum absolute atomic E-state index is 12.5. The fourth-order valence-corrected chi connectivity index (χ4v) is 3.01. The Hall–Kier alpha value is -2.34. The van der Waals surface area contributed by atoms with E-state index in [1.54, 1.807) is 37.2 Å². The van der Waals surface area contributed by atoms with Gasteiger partial charge in [0.25, 0.3) is 5.91 Å². The minimum absolute atomic E-state index is 0.102. The summed E-state index contributed by atoms with van der Waals surface area (Å²) in [6, 6.07) is 12.9. The van der Waals surface area contributed by atoms with Gasteiger partial charge in [-0.1, -0.05) is 25.5 Å². The number of hydrogen-bond acceptors (Lipinski definition) is 3. The Labute approximate surface area is 175 Å². The summed E-state index contributed by atoms with van der Waals surface area (Å²) in [4.78, 5) is 25.7. The van der Waals surface area contributed by atoms with Gasteiger partial charge >= 0.3 is 0 Å². The van der Waals surface area contributed by atoms with Crippen LogP contribution in [0, 0.1) is 0 Å². The van der Waals surface area contributed by atoms with Crippen molar-refractivity contribution in [2.75, 3.05) is 26.0 Å². The summed E-state index contributed by atoms with van der Waals surface area (Å²) in [6.07, 6.45) is 3.22. The third kappa shape index (κ3) is 6.68. The summed E-state index contributed by atoms with van der Waals surface area (Å²) in [7, 11) is 3.51. The van der Waals surface area contributed by atoms with Crippen molar-refractivity contribution in [1.29, 1.82) is 0 Å². The second-order valence-electron chi connectivity index (χ2n) is 6.79. The zero-order valence-electron chi connectivity index (χ0n) is 16.6. The molecule has 0 saturated heterocycles. The number of rotatable bonds is 9. The smallest absolute Gasteiger partial charge is 0.255 e. The Morgan fingerprint density at radius 3 is 2.43 bits per heavy atom. The highest BCUT2D eigenvalue weighted by Crippen LogP contribution is 2.26. The molecule has 0 aromatic heterocycles. The van der Waals surface area contributed by atoms with E-state index in [9.17, 15) is 9.59 Å². The molecular weight excluding hydrogens is 420 g/mol. The van der Waals surface area contributed by atoms with Crippen molar-refractivity contribution in [3.8, 4) is 5.75 Å². The number of anilines is 1. The first-order valence-electron chi connectivity index (χ1n) is 9.43. The van der Waals surface area contributed by atoms with Crippen LogP contribution in [-0.2, 0) is 11.2 Å². The van der Waals surface area contributed by atoms with E-state index < -0.39 is 0 Å². The summed E-state index contributed by atoms with van der Waals surface area (Å²) in [6.45, 7) is 2.77. The number of benzene rings is 2. The molecule has 0 aliphatic rings. The average molecular weight is 447 g/mol. The van der Waals surface area contributed by atoms with E-state index in [0.29, 0.717) is 30.7 Å². The Kier molecular flexibility index (Phi) is 8.51. The molecule has 0 heterocycles. The molecule has 0 fully saturated rings. The molecule has 0 saturated carbocycles. The lowest BCUT2D eigenvalue weighted by Gasteiger charge is -2.11. The lowest BCUT2D eigenvalue weighted by atomic mass is 10.1. The molecule has 2 amide bonds. The largest absolute Gasteiger partial charge is 0.492 e. The van der Waals surface area contributed by atoms with Crippen LogP contribution in [0.15, 0.2) is 46.9 Å². The Morgan fingerprint density at radius 2 is 1.82 bits per heavy atom. The van der Waals surface area contributed by atoms with Crippen LogP contribution >= 0.6 is 15.9 Å². The van der Waals surface area contributed by atoms with Crippen molar-refractivity contribution >= 4 is 33.4 Å². The Morgan fingerprint density at radius 1 is 1.11 bits per heavy atom. The van der Waals surface area contributed by atoms with E-state index in [1.165, 1.54) is 0 Å². The number of ether oxygens (including phenoxy) is 1. The number of carbonyl (C=O) groups excluding carboxylic acids is 2. The molecule has 0 bridgehead atoms. The molecule has 2 aromatic rings. The van der Waals surface area contributed by atoms with E-state index in [1.807, 2.05) is 24.3 Å². The molecule has 0 unspecified atom stereocenters. The number of amides is 2. The van der Waals surface area contributed by atoms with E-state index >= 15 is 0 Å². The maximum Gasteiger partial charge on any atom is 0.255 e. The van der Waals surface area contributed by atoms with Crippen molar-refractivity contribution in [2.45, 2.75) is 32.6 Å². The van der Waals surface area contributed by atoms with Crippen LogP contribution in [-0.4, -0.2) is 37.4 Å². The number of unbranched alkanes of at least 4 members (excludes halogenated alkanes) is 1. The van der Waals surface area contributed by atoms with Gasteiger partial charge in [0.05, 0.1) is 11.1 Å². The van der Waals surface area contributed by atoms with Gasteiger partial charge in [0, 0.05) is 31.8 Å². The fraction of sp³-hybridized carbons (Fsp3) is 0.364. The standard InChI is InChI=1S/C22H27BrN2O3/c1-4-5-14-28-20-12-9-17(15-19(20)23)22(27)24-18-10-6-16(7-11-18)8-13-21(26)25(2)3/h6-7,9-12,15H,4-5,8,13-14H2,1-3H3,(H,24,27). The lowest BCUT2D eigenvalue weighted by molar-refractivity contribution is -0.128. The number of hydrogen-bond donors (Lipinski definition) is 1. The highest BCUT2D eigenvalue weighted by Gasteiger charge is 2.10. The molecule has 0 aliphatic carbocycles. The second kappa shape index (κ2) is 10.9. The SMILES string of the molecule is CCCCOc1ccc(C(=O)Nc2ccc(CCC(=O)N(C)C)cc2)cc1Br. The van der Waals surface area contributed by atoms with Crippen molar-refractivity contribution in [3.63, 3.8) is 0 Å². The van der Waals surface area contributed by atoms with E-state index in [2.05, 4.69) is 28.2 Å². The van der Waals surface area contributed by atoms with Crippen molar-refractivity contribution in [3.05, 3.63) is 58.1 Å². The van der Waals surface area contributed by atoms with Gasteiger partial charge in [0.1, 0.15) is 5.75 Å². The maximum atomic E-state index is 12.5. The molecule has 5 nitrogen and oxygen atoms in total. The van der Waals surface area contributed by atoms with Gasteiger partial charge in [-0.2, -0.15) is 0 Å². The molecule has 2 rings (SSSR count). The van der Waals surface area contributed by atoms with Crippen LogP contribution in [0.2, 0.25) is 0 Å². The molecular formula is C22H27BrN2O3. The first kappa shape index (κ1) is 22.0. The number of aryl methyl sites for hydroxylation is 1. The predicted octanol–water partition coefficient (Wildman–Crippen LogP) is 4.90. The van der Waals surface area contributed by atoms with Gasteiger partial charge in [0.15, 0.2) is 0 Å². The minimum atomic E-state index is -0.184. The van der Waals surface area contributed by atoms with Crippen molar-refractivity contribution < 1.29 is 14.3 Å². The zero-order chi connectivity index (χ0) is 20.5. The highest BCUT2D eigenvalue weighted by molar-refractivity contribution is 9.10. The molecule has 2 aromatic carbocycles. The number of nitrogens with zero attached hydrogens (tertiary/aromatic N) is 1. The third-order valence-corrected chi connectivity index (χ3v) is 4.91. The lowest BCUT2D eigenvalue weighted by Crippen LogP contribution is -2.21. The molecule has 6 heteroatoms. The number of halogens is 1. The van der Waals surface area contributed by atoms with Crippen LogP contribution in [0.3, 0.4) is 0 Å². The molecule has 150 valence electrons. The van der Waals surface area contributed by atoms with E-state index in [-0.39, 0.29) is 11.8 Å². The van der Waals surface area contributed by atoms with Gasteiger partial charge in [-0.05, 0) is 64.7 Å². The van der Waals surface area contributed by atoms with Crippen molar-refractivity contribution in [1.82, 2.24) is 4.90 Å². The third-order valence-electron chi connectivity index (χ3n) is 4.29. The number of nitrogens with one attached hydrogen (secondary N) is 1. The van der Waals surface area contributed by atoms with Gasteiger partial charge in [-0.15, -0.1) is 0 Å². The summed E-state index contributed by atoms with van der Waals surface area (Å²) < 4.78 is 6.45. The van der Waals surface area contributed by atoms with Gasteiger partial charge in [0.2, 0.25) is 5.91 Å². The first-order chi connectivity index (χ1) is 13.4. The Balaban J connectivity index is 1.93. The molecule has 0 spiro atoms. The van der Waals surface area contributed by atoms with Crippen LogP contribution in [0.5, 0.6) is 5.75 Å².